The van der Waals surface area contributed by atoms with Crippen LogP contribution in [0.5, 0.6) is 0 Å². The van der Waals surface area contributed by atoms with Gasteiger partial charge < -0.3 is 10.6 Å². The lowest BCUT2D eigenvalue weighted by atomic mass is 10.1. The van der Waals surface area contributed by atoms with E-state index in [1.807, 2.05) is 30.3 Å². The van der Waals surface area contributed by atoms with E-state index >= 15 is 0 Å². The van der Waals surface area contributed by atoms with Crippen LogP contribution in [0, 0.1) is 17.0 Å². The molecule has 0 spiro atoms. The van der Waals surface area contributed by atoms with Crippen molar-refractivity contribution in [1.82, 2.24) is 9.78 Å². The fourth-order valence-corrected chi connectivity index (χ4v) is 3.28. The number of rotatable bonds is 5. The first kappa shape index (κ1) is 18.4. The fourth-order valence-electron chi connectivity index (χ4n) is 3.28. The first-order valence-electron chi connectivity index (χ1n) is 8.92. The number of fused-ring (bicyclic) bond motifs is 1. The molecule has 1 aliphatic heterocycles. The number of nitro groups is 1. The summed E-state index contributed by atoms with van der Waals surface area (Å²) >= 11 is 0. The SMILES string of the molecule is Cc1ccc([N+](=O)[O-])cc1NC(=O)CC1C(=O)Nc2c(-c3ccccc3)cnn21. The Hall–Kier alpha value is -4.01. The Balaban J connectivity index is 1.54. The van der Waals surface area contributed by atoms with Gasteiger partial charge in [-0.2, -0.15) is 5.10 Å². The van der Waals surface area contributed by atoms with Gasteiger partial charge in [0.2, 0.25) is 5.91 Å². The highest BCUT2D eigenvalue weighted by molar-refractivity contribution is 6.04. The van der Waals surface area contributed by atoms with Crippen molar-refractivity contribution in [3.63, 3.8) is 0 Å². The molecule has 2 aromatic carbocycles. The van der Waals surface area contributed by atoms with Crippen LogP contribution >= 0.6 is 0 Å². The van der Waals surface area contributed by atoms with Gasteiger partial charge in [-0.15, -0.1) is 0 Å². The van der Waals surface area contributed by atoms with Gasteiger partial charge in [-0.3, -0.25) is 19.7 Å². The molecule has 9 heteroatoms. The molecule has 1 atom stereocenters. The molecule has 146 valence electrons. The third-order valence-corrected chi connectivity index (χ3v) is 4.80. The van der Waals surface area contributed by atoms with Gasteiger partial charge in [-0.1, -0.05) is 36.4 Å². The standard InChI is InChI=1S/C20H17N5O4/c1-12-7-8-14(25(28)29)9-16(12)22-18(26)10-17-20(27)23-19-15(11-21-24(17)19)13-5-3-2-4-6-13/h2-9,11,17H,10H2,1H3,(H,22,26)(H,23,27). The second-order valence-corrected chi connectivity index (χ2v) is 6.73. The molecule has 2 heterocycles. The summed E-state index contributed by atoms with van der Waals surface area (Å²) in [6.45, 7) is 1.74. The predicted octanol–water partition coefficient (Wildman–Crippen LogP) is 3.29. The van der Waals surface area contributed by atoms with Crippen LogP contribution in [0.3, 0.4) is 0 Å². The average Bonchev–Trinajstić information content (AvgIpc) is 3.23. The lowest BCUT2D eigenvalue weighted by Crippen LogP contribution is -2.23. The van der Waals surface area contributed by atoms with Crippen molar-refractivity contribution in [2.24, 2.45) is 0 Å². The number of nitro benzene ring substituents is 1. The molecular weight excluding hydrogens is 374 g/mol. The van der Waals surface area contributed by atoms with E-state index < -0.39 is 16.9 Å². The maximum Gasteiger partial charge on any atom is 0.271 e. The van der Waals surface area contributed by atoms with E-state index in [-0.39, 0.29) is 18.0 Å². The smallest absolute Gasteiger partial charge is 0.271 e. The third kappa shape index (κ3) is 3.45. The van der Waals surface area contributed by atoms with E-state index in [9.17, 15) is 19.7 Å². The van der Waals surface area contributed by atoms with Crippen molar-refractivity contribution < 1.29 is 14.5 Å². The molecule has 0 radical (unpaired) electrons. The molecule has 0 saturated carbocycles. The zero-order valence-corrected chi connectivity index (χ0v) is 15.5. The molecule has 0 fully saturated rings. The van der Waals surface area contributed by atoms with Crippen LogP contribution in [0.15, 0.2) is 54.7 Å². The van der Waals surface area contributed by atoms with E-state index in [0.717, 1.165) is 11.1 Å². The van der Waals surface area contributed by atoms with E-state index in [1.165, 1.54) is 16.8 Å². The summed E-state index contributed by atoms with van der Waals surface area (Å²) in [7, 11) is 0. The van der Waals surface area contributed by atoms with E-state index in [0.29, 0.717) is 17.1 Å². The van der Waals surface area contributed by atoms with Crippen molar-refractivity contribution in [2.45, 2.75) is 19.4 Å². The topological polar surface area (TPSA) is 119 Å². The summed E-state index contributed by atoms with van der Waals surface area (Å²) in [5, 5.41) is 20.7. The number of aromatic nitrogens is 2. The molecule has 29 heavy (non-hydrogen) atoms. The Morgan fingerprint density at radius 2 is 2.03 bits per heavy atom. The Bertz CT molecular complexity index is 1120. The number of amides is 2. The molecule has 1 aromatic heterocycles. The van der Waals surface area contributed by atoms with Crippen LogP contribution in [-0.4, -0.2) is 26.5 Å². The zero-order valence-electron chi connectivity index (χ0n) is 15.5. The van der Waals surface area contributed by atoms with E-state index in [4.69, 9.17) is 0 Å². The maximum atomic E-state index is 12.5. The number of nitrogens with zero attached hydrogens (tertiary/aromatic N) is 3. The number of anilines is 2. The minimum absolute atomic E-state index is 0.119. The Morgan fingerprint density at radius 1 is 1.28 bits per heavy atom. The first-order chi connectivity index (χ1) is 13.9. The van der Waals surface area contributed by atoms with Crippen LogP contribution in [0.2, 0.25) is 0 Å². The molecule has 2 N–H and O–H groups in total. The van der Waals surface area contributed by atoms with Gasteiger partial charge in [0, 0.05) is 17.7 Å². The number of hydrogen-bond acceptors (Lipinski definition) is 5. The van der Waals surface area contributed by atoms with Crippen molar-refractivity contribution >= 4 is 29.0 Å². The fraction of sp³-hybridized carbons (Fsp3) is 0.150. The maximum absolute atomic E-state index is 12.5. The summed E-state index contributed by atoms with van der Waals surface area (Å²) in [6, 6.07) is 12.9. The van der Waals surface area contributed by atoms with Crippen molar-refractivity contribution in [2.75, 3.05) is 10.6 Å². The molecule has 0 bridgehead atoms. The lowest BCUT2D eigenvalue weighted by Gasteiger charge is -2.11. The second-order valence-electron chi connectivity index (χ2n) is 6.73. The summed E-state index contributed by atoms with van der Waals surface area (Å²) in [5.74, 6) is -0.208. The van der Waals surface area contributed by atoms with Crippen molar-refractivity contribution in [3.05, 3.63) is 70.4 Å². The molecular formula is C20H17N5O4. The van der Waals surface area contributed by atoms with Gasteiger partial charge in [0.1, 0.15) is 11.9 Å². The Kier molecular flexibility index (Phi) is 4.55. The highest BCUT2D eigenvalue weighted by atomic mass is 16.6. The number of benzene rings is 2. The summed E-state index contributed by atoms with van der Waals surface area (Å²) in [5.41, 5.74) is 2.59. The van der Waals surface area contributed by atoms with Crippen LogP contribution in [0.25, 0.3) is 11.1 Å². The van der Waals surface area contributed by atoms with Gasteiger partial charge in [0.05, 0.1) is 23.2 Å². The van der Waals surface area contributed by atoms with Gasteiger partial charge >= 0.3 is 0 Å². The minimum atomic E-state index is -0.790. The molecule has 0 aliphatic carbocycles. The molecule has 2 amide bonds. The van der Waals surface area contributed by atoms with Crippen LogP contribution in [0.1, 0.15) is 18.0 Å². The van der Waals surface area contributed by atoms with Crippen LogP contribution in [0.4, 0.5) is 17.2 Å². The van der Waals surface area contributed by atoms with Gasteiger partial charge in [0.25, 0.3) is 11.6 Å². The van der Waals surface area contributed by atoms with E-state index in [1.54, 1.807) is 19.2 Å². The van der Waals surface area contributed by atoms with Gasteiger partial charge in [-0.05, 0) is 18.1 Å². The Morgan fingerprint density at radius 3 is 2.76 bits per heavy atom. The first-order valence-corrected chi connectivity index (χ1v) is 8.92. The zero-order chi connectivity index (χ0) is 20.5. The van der Waals surface area contributed by atoms with Crippen molar-refractivity contribution in [1.29, 1.82) is 0 Å². The largest absolute Gasteiger partial charge is 0.326 e. The number of aryl methyl sites for hydroxylation is 1. The molecule has 9 nitrogen and oxygen atoms in total. The monoisotopic (exact) mass is 391 g/mol. The highest BCUT2D eigenvalue weighted by Crippen LogP contribution is 2.35. The molecule has 4 rings (SSSR count). The Labute approximate surface area is 165 Å². The number of nitrogens with one attached hydrogen (secondary N) is 2. The quantitative estimate of drug-likeness (QED) is 0.511. The molecule has 3 aromatic rings. The molecule has 1 aliphatic rings. The van der Waals surface area contributed by atoms with Gasteiger partial charge in [-0.25, -0.2) is 4.68 Å². The second kappa shape index (κ2) is 7.19. The number of hydrogen-bond donors (Lipinski definition) is 2. The normalized spacial score (nSPS) is 14.9. The summed E-state index contributed by atoms with van der Waals surface area (Å²) < 4.78 is 1.50. The summed E-state index contributed by atoms with van der Waals surface area (Å²) in [4.78, 5) is 35.4. The number of carbonyl (C=O) groups is 2. The number of non-ortho nitro benzene ring substituents is 1. The number of carbonyl (C=O) groups excluding carboxylic acids is 2. The predicted molar refractivity (Wildman–Crippen MR) is 106 cm³/mol. The van der Waals surface area contributed by atoms with Crippen LogP contribution < -0.4 is 10.6 Å². The molecule has 0 saturated heterocycles. The van der Waals surface area contributed by atoms with Crippen LogP contribution in [-0.2, 0) is 9.59 Å². The van der Waals surface area contributed by atoms with Gasteiger partial charge in [0.15, 0.2) is 0 Å². The van der Waals surface area contributed by atoms with Crippen molar-refractivity contribution in [3.8, 4) is 11.1 Å². The third-order valence-electron chi connectivity index (χ3n) is 4.80. The minimum Gasteiger partial charge on any atom is -0.326 e. The summed E-state index contributed by atoms with van der Waals surface area (Å²) in [6.07, 6.45) is 1.51. The highest BCUT2D eigenvalue weighted by Gasteiger charge is 2.35. The molecule has 1 unspecified atom stereocenters. The average molecular weight is 391 g/mol. The van der Waals surface area contributed by atoms with E-state index in [2.05, 4.69) is 15.7 Å². The lowest BCUT2D eigenvalue weighted by molar-refractivity contribution is -0.384.